The van der Waals surface area contributed by atoms with E-state index in [9.17, 15) is 0 Å². The second-order valence-corrected chi connectivity index (χ2v) is 4.74. The van der Waals surface area contributed by atoms with Crippen LogP contribution in [0.2, 0.25) is 0 Å². The number of anilines is 1. The highest BCUT2D eigenvalue weighted by atomic mass is 16.5. The number of nitrogens with zero attached hydrogens (tertiary/aromatic N) is 2. The van der Waals surface area contributed by atoms with Crippen molar-refractivity contribution in [1.29, 1.82) is 0 Å². The fraction of sp³-hybridized carbons (Fsp3) is 0.333. The summed E-state index contributed by atoms with van der Waals surface area (Å²) in [6, 6.07) is 6.09. The average molecular weight is 271 g/mol. The molecule has 20 heavy (non-hydrogen) atoms. The lowest BCUT2D eigenvalue weighted by Crippen LogP contribution is -2.12. The average Bonchev–Trinajstić information content (AvgIpc) is 2.50. The molecular formula is C15H17N3O2. The lowest BCUT2D eigenvalue weighted by molar-refractivity contribution is 0.383. The summed E-state index contributed by atoms with van der Waals surface area (Å²) in [7, 11) is 1.59. The van der Waals surface area contributed by atoms with Gasteiger partial charge in [0.25, 0.3) is 0 Å². The van der Waals surface area contributed by atoms with Crippen molar-refractivity contribution in [2.45, 2.75) is 19.8 Å². The number of hydrogen-bond acceptors (Lipinski definition) is 5. The molecule has 5 heteroatoms. The topological polar surface area (TPSA) is 56.3 Å². The van der Waals surface area contributed by atoms with E-state index in [0.29, 0.717) is 11.8 Å². The minimum Gasteiger partial charge on any atom is -0.481 e. The summed E-state index contributed by atoms with van der Waals surface area (Å²) < 4.78 is 11.1. The van der Waals surface area contributed by atoms with Gasteiger partial charge in [-0.3, -0.25) is 0 Å². The van der Waals surface area contributed by atoms with Crippen LogP contribution in [0.25, 0.3) is 0 Å². The highest BCUT2D eigenvalue weighted by Crippen LogP contribution is 2.36. The zero-order chi connectivity index (χ0) is 13.9. The van der Waals surface area contributed by atoms with Gasteiger partial charge in [-0.2, -0.15) is 0 Å². The van der Waals surface area contributed by atoms with Crippen LogP contribution in [-0.4, -0.2) is 23.6 Å². The van der Waals surface area contributed by atoms with Crippen LogP contribution in [0.3, 0.4) is 0 Å². The number of para-hydroxylation sites is 1. The maximum Gasteiger partial charge on any atom is 0.229 e. The lowest BCUT2D eigenvalue weighted by atomic mass is 10.0. The van der Waals surface area contributed by atoms with Crippen molar-refractivity contribution in [1.82, 2.24) is 9.97 Å². The fourth-order valence-corrected chi connectivity index (χ4v) is 2.39. The van der Waals surface area contributed by atoms with Crippen LogP contribution in [0.4, 0.5) is 5.69 Å². The van der Waals surface area contributed by atoms with Gasteiger partial charge >= 0.3 is 0 Å². The molecule has 0 spiro atoms. The zero-order valence-corrected chi connectivity index (χ0v) is 11.6. The second-order valence-electron chi connectivity index (χ2n) is 4.74. The summed E-state index contributed by atoms with van der Waals surface area (Å²) in [5.41, 5.74) is 3.14. The molecule has 0 aliphatic carbocycles. The van der Waals surface area contributed by atoms with Crippen LogP contribution in [-0.2, 0) is 6.42 Å². The first-order valence-electron chi connectivity index (χ1n) is 6.69. The quantitative estimate of drug-likeness (QED) is 0.930. The first-order valence-corrected chi connectivity index (χ1v) is 6.69. The Labute approximate surface area is 118 Å². The molecule has 1 N–H and O–H groups in total. The summed E-state index contributed by atoms with van der Waals surface area (Å²) in [5, 5.41) is 3.40. The monoisotopic (exact) mass is 271 g/mol. The van der Waals surface area contributed by atoms with E-state index in [4.69, 9.17) is 9.47 Å². The van der Waals surface area contributed by atoms with E-state index in [-0.39, 0.29) is 0 Å². The molecular weight excluding hydrogens is 254 g/mol. The van der Waals surface area contributed by atoms with Crippen LogP contribution in [0.15, 0.2) is 24.5 Å². The van der Waals surface area contributed by atoms with Crippen molar-refractivity contribution < 1.29 is 9.47 Å². The van der Waals surface area contributed by atoms with Crippen molar-refractivity contribution in [2.24, 2.45) is 0 Å². The van der Waals surface area contributed by atoms with Crippen LogP contribution in [0.5, 0.6) is 17.5 Å². The Morgan fingerprint density at radius 3 is 2.90 bits per heavy atom. The van der Waals surface area contributed by atoms with Gasteiger partial charge in [-0.1, -0.05) is 12.1 Å². The Morgan fingerprint density at radius 1 is 1.20 bits per heavy atom. The van der Waals surface area contributed by atoms with Gasteiger partial charge < -0.3 is 14.8 Å². The second kappa shape index (κ2) is 5.36. The molecule has 0 saturated carbocycles. The molecule has 2 heterocycles. The van der Waals surface area contributed by atoms with Crippen LogP contribution < -0.4 is 14.8 Å². The number of nitrogens with one attached hydrogen (secondary N) is 1. The summed E-state index contributed by atoms with van der Waals surface area (Å²) in [6.45, 7) is 2.86. The highest BCUT2D eigenvalue weighted by Gasteiger charge is 2.16. The number of methoxy groups -OCH3 is 1. The third-order valence-corrected chi connectivity index (χ3v) is 3.43. The lowest BCUT2D eigenvalue weighted by Gasteiger charge is -2.21. The van der Waals surface area contributed by atoms with E-state index in [1.807, 2.05) is 19.1 Å². The molecule has 1 aromatic carbocycles. The minimum atomic E-state index is 0.526. The third-order valence-electron chi connectivity index (χ3n) is 3.43. The zero-order valence-electron chi connectivity index (χ0n) is 11.6. The maximum atomic E-state index is 5.96. The van der Waals surface area contributed by atoms with E-state index < -0.39 is 0 Å². The largest absolute Gasteiger partial charge is 0.481 e. The molecule has 0 amide bonds. The van der Waals surface area contributed by atoms with Crippen LogP contribution in [0, 0.1) is 6.92 Å². The minimum absolute atomic E-state index is 0.526. The highest BCUT2D eigenvalue weighted by molar-refractivity contribution is 5.64. The van der Waals surface area contributed by atoms with Gasteiger partial charge in [-0.25, -0.2) is 9.97 Å². The Bertz CT molecular complexity index is 629. The molecule has 0 unspecified atom stereocenters. The van der Waals surface area contributed by atoms with E-state index >= 15 is 0 Å². The Morgan fingerprint density at radius 2 is 2.05 bits per heavy atom. The van der Waals surface area contributed by atoms with Crippen molar-refractivity contribution in [2.75, 3.05) is 19.0 Å². The number of aromatic nitrogens is 2. The molecule has 3 rings (SSSR count). The third kappa shape index (κ3) is 2.27. The number of fused-ring (bicyclic) bond motifs is 1. The molecule has 2 aromatic rings. The molecule has 104 valence electrons. The number of rotatable bonds is 3. The summed E-state index contributed by atoms with van der Waals surface area (Å²) in [5.74, 6) is 1.86. The predicted octanol–water partition coefficient (Wildman–Crippen LogP) is 2.94. The Hall–Kier alpha value is -2.30. The number of hydrogen-bond donors (Lipinski definition) is 1. The van der Waals surface area contributed by atoms with Gasteiger partial charge in [-0.15, -0.1) is 0 Å². The van der Waals surface area contributed by atoms with Gasteiger partial charge in [0.05, 0.1) is 18.4 Å². The molecule has 5 nitrogen and oxygen atoms in total. The molecule has 0 saturated heterocycles. The van der Waals surface area contributed by atoms with Crippen LogP contribution in [0.1, 0.15) is 17.5 Å². The smallest absolute Gasteiger partial charge is 0.229 e. The normalized spacial score (nSPS) is 13.3. The fourth-order valence-electron chi connectivity index (χ4n) is 2.39. The van der Waals surface area contributed by atoms with Gasteiger partial charge in [0.2, 0.25) is 11.8 Å². The molecule has 0 radical (unpaired) electrons. The van der Waals surface area contributed by atoms with E-state index in [1.165, 1.54) is 11.9 Å². The molecule has 0 fully saturated rings. The molecule has 1 aliphatic heterocycles. The van der Waals surface area contributed by atoms with Gasteiger partial charge in [-0.05, 0) is 31.4 Å². The van der Waals surface area contributed by atoms with Crippen molar-refractivity contribution in [3.8, 4) is 17.5 Å². The summed E-state index contributed by atoms with van der Waals surface area (Å²) >= 11 is 0. The summed E-state index contributed by atoms with van der Waals surface area (Å²) in [4.78, 5) is 8.25. The number of aryl methyl sites for hydroxylation is 1. The Balaban J connectivity index is 1.96. The maximum absolute atomic E-state index is 5.96. The molecule has 1 aromatic heterocycles. The standard InChI is InChI=1S/C15H17N3O2/c1-10-14(19-2)17-9-18-15(10)20-12-7-3-5-11-6-4-8-16-13(11)12/h3,5,7,9,16H,4,6,8H2,1-2H3. The van der Waals surface area contributed by atoms with Crippen molar-refractivity contribution in [3.05, 3.63) is 35.7 Å². The summed E-state index contributed by atoms with van der Waals surface area (Å²) in [6.07, 6.45) is 3.67. The molecule has 0 atom stereocenters. The SMILES string of the molecule is COc1ncnc(Oc2cccc3c2NCCC3)c1C. The number of ether oxygens (including phenoxy) is 2. The van der Waals surface area contributed by atoms with Crippen molar-refractivity contribution >= 4 is 5.69 Å². The van der Waals surface area contributed by atoms with Crippen molar-refractivity contribution in [3.63, 3.8) is 0 Å². The van der Waals surface area contributed by atoms with Gasteiger partial charge in [0, 0.05) is 6.54 Å². The molecule has 1 aliphatic rings. The van der Waals surface area contributed by atoms with Gasteiger partial charge in [0.1, 0.15) is 6.33 Å². The number of benzene rings is 1. The van der Waals surface area contributed by atoms with E-state index in [2.05, 4.69) is 21.4 Å². The first-order chi connectivity index (χ1) is 9.79. The first kappa shape index (κ1) is 12.7. The molecule has 0 bridgehead atoms. The van der Waals surface area contributed by atoms with Gasteiger partial charge in [0.15, 0.2) is 5.75 Å². The predicted molar refractivity (Wildman–Crippen MR) is 76.6 cm³/mol. The van der Waals surface area contributed by atoms with E-state index in [0.717, 1.165) is 36.4 Å². The van der Waals surface area contributed by atoms with E-state index in [1.54, 1.807) is 7.11 Å². The van der Waals surface area contributed by atoms with Crippen LogP contribution >= 0.6 is 0 Å². The Kier molecular flexibility index (Phi) is 3.41.